The quantitative estimate of drug-likeness (QED) is 0.741. The van der Waals surface area contributed by atoms with Crippen LogP contribution in [0.2, 0.25) is 0 Å². The lowest BCUT2D eigenvalue weighted by molar-refractivity contribution is -0.144. The molecule has 1 aliphatic rings. The first-order valence-corrected chi connectivity index (χ1v) is 6.98. The van der Waals surface area contributed by atoms with Crippen LogP contribution in [0.1, 0.15) is 12.8 Å². The molecule has 5 heteroatoms. The molecule has 0 aliphatic carbocycles. The zero-order valence-electron chi connectivity index (χ0n) is 11.5. The Kier molecular flexibility index (Phi) is 5.83. The number of hydrogen-bond acceptors (Lipinski definition) is 4. The fourth-order valence-corrected chi connectivity index (χ4v) is 2.23. The van der Waals surface area contributed by atoms with Crippen molar-refractivity contribution in [3.63, 3.8) is 0 Å². The van der Waals surface area contributed by atoms with Crippen molar-refractivity contribution >= 4 is 5.97 Å². The first kappa shape index (κ1) is 14.8. The van der Waals surface area contributed by atoms with E-state index < -0.39 is 5.97 Å². The van der Waals surface area contributed by atoms with Gasteiger partial charge >= 0.3 is 5.97 Å². The lowest BCUT2D eigenvalue weighted by atomic mass is 9.98. The summed E-state index contributed by atoms with van der Waals surface area (Å²) in [5.74, 6) is -0.231. The molecular formula is C15H21NO4. The maximum absolute atomic E-state index is 10.9. The summed E-state index contributed by atoms with van der Waals surface area (Å²) in [6.07, 6.45) is 1.37. The number of para-hydroxylation sites is 1. The number of carbonyl (C=O) groups is 1. The average Bonchev–Trinajstić information content (AvgIpc) is 2.48. The monoisotopic (exact) mass is 279 g/mol. The molecule has 1 heterocycles. The molecule has 0 aromatic heterocycles. The van der Waals surface area contributed by atoms with E-state index in [1.165, 1.54) is 0 Å². The molecule has 110 valence electrons. The maximum atomic E-state index is 10.9. The van der Waals surface area contributed by atoms with Crippen LogP contribution >= 0.6 is 0 Å². The molecular weight excluding hydrogens is 258 g/mol. The summed E-state index contributed by atoms with van der Waals surface area (Å²) in [6, 6.07) is 9.66. The van der Waals surface area contributed by atoms with Crippen molar-refractivity contribution in [3.05, 3.63) is 30.3 Å². The van der Waals surface area contributed by atoms with E-state index in [-0.39, 0.29) is 12.0 Å². The zero-order chi connectivity index (χ0) is 14.2. The van der Waals surface area contributed by atoms with Gasteiger partial charge in [-0.1, -0.05) is 18.2 Å². The van der Waals surface area contributed by atoms with Crippen molar-refractivity contribution in [2.24, 2.45) is 5.92 Å². The first-order valence-electron chi connectivity index (χ1n) is 6.98. The highest BCUT2D eigenvalue weighted by molar-refractivity contribution is 5.70. The van der Waals surface area contributed by atoms with E-state index in [2.05, 4.69) is 5.32 Å². The van der Waals surface area contributed by atoms with E-state index in [4.69, 9.17) is 14.6 Å². The van der Waals surface area contributed by atoms with Crippen molar-refractivity contribution in [1.82, 2.24) is 5.32 Å². The average molecular weight is 279 g/mol. The second-order valence-electron chi connectivity index (χ2n) is 4.94. The molecule has 2 N–H and O–H groups in total. The van der Waals surface area contributed by atoms with Crippen molar-refractivity contribution in [2.75, 3.05) is 26.3 Å². The molecule has 1 fully saturated rings. The Morgan fingerprint density at radius 2 is 2.05 bits per heavy atom. The number of hydrogen-bond donors (Lipinski definition) is 2. The summed E-state index contributed by atoms with van der Waals surface area (Å²) in [6.45, 7) is 2.45. The van der Waals surface area contributed by atoms with E-state index in [1.807, 2.05) is 30.3 Å². The third kappa shape index (κ3) is 4.83. The largest absolute Gasteiger partial charge is 0.494 e. The summed E-state index contributed by atoms with van der Waals surface area (Å²) < 4.78 is 11.3. The highest BCUT2D eigenvalue weighted by Crippen LogP contribution is 2.14. The lowest BCUT2D eigenvalue weighted by Gasteiger charge is -2.27. The predicted octanol–water partition coefficient (Wildman–Crippen LogP) is 1.53. The summed E-state index contributed by atoms with van der Waals surface area (Å²) >= 11 is 0. The summed E-state index contributed by atoms with van der Waals surface area (Å²) in [4.78, 5) is 10.9. The Balaban J connectivity index is 1.58. The Bertz CT molecular complexity index is 410. The number of carboxylic acids is 1. The van der Waals surface area contributed by atoms with Gasteiger partial charge in [0.1, 0.15) is 5.75 Å². The Morgan fingerprint density at radius 3 is 2.80 bits per heavy atom. The SMILES string of the molecule is O=C(O)C1CNCC(OCCCOc2ccccc2)C1. The van der Waals surface area contributed by atoms with Gasteiger partial charge in [0.25, 0.3) is 0 Å². The predicted molar refractivity (Wildman–Crippen MR) is 74.9 cm³/mol. The fraction of sp³-hybridized carbons (Fsp3) is 0.533. The number of carboxylic acid groups (broad SMARTS) is 1. The molecule has 5 nitrogen and oxygen atoms in total. The Labute approximate surface area is 118 Å². The van der Waals surface area contributed by atoms with Crippen LogP contribution in [0.5, 0.6) is 5.75 Å². The van der Waals surface area contributed by atoms with Gasteiger partial charge < -0.3 is 19.9 Å². The molecule has 0 radical (unpaired) electrons. The number of nitrogens with one attached hydrogen (secondary N) is 1. The molecule has 1 aromatic rings. The van der Waals surface area contributed by atoms with Gasteiger partial charge in [-0.15, -0.1) is 0 Å². The standard InChI is InChI=1S/C15H21NO4/c17-15(18)12-9-14(11-16-10-12)20-8-4-7-19-13-5-2-1-3-6-13/h1-3,5-6,12,14,16H,4,7-11H2,(H,17,18). The normalized spacial score (nSPS) is 22.4. The van der Waals surface area contributed by atoms with Gasteiger partial charge in [-0.25, -0.2) is 0 Å². The lowest BCUT2D eigenvalue weighted by Crippen LogP contribution is -2.43. The molecule has 2 rings (SSSR count). The van der Waals surface area contributed by atoms with Crippen molar-refractivity contribution in [1.29, 1.82) is 0 Å². The number of aliphatic carboxylic acids is 1. The third-order valence-electron chi connectivity index (χ3n) is 3.31. The zero-order valence-corrected chi connectivity index (χ0v) is 11.5. The minimum Gasteiger partial charge on any atom is -0.494 e. The fourth-order valence-electron chi connectivity index (χ4n) is 2.23. The van der Waals surface area contributed by atoms with E-state index in [9.17, 15) is 4.79 Å². The third-order valence-corrected chi connectivity index (χ3v) is 3.31. The van der Waals surface area contributed by atoms with Crippen molar-refractivity contribution in [2.45, 2.75) is 18.9 Å². The van der Waals surface area contributed by atoms with Gasteiger partial charge in [0.05, 0.1) is 25.2 Å². The first-order chi connectivity index (χ1) is 9.75. The van der Waals surface area contributed by atoms with Crippen LogP contribution in [0.4, 0.5) is 0 Å². The van der Waals surface area contributed by atoms with Gasteiger partial charge in [0.2, 0.25) is 0 Å². The highest BCUT2D eigenvalue weighted by atomic mass is 16.5. The smallest absolute Gasteiger partial charge is 0.307 e. The van der Waals surface area contributed by atoms with Crippen LogP contribution in [0.25, 0.3) is 0 Å². The van der Waals surface area contributed by atoms with Gasteiger partial charge in [-0.3, -0.25) is 4.79 Å². The highest BCUT2D eigenvalue weighted by Gasteiger charge is 2.26. The van der Waals surface area contributed by atoms with Gasteiger partial charge in [-0.05, 0) is 18.6 Å². The topological polar surface area (TPSA) is 67.8 Å². The summed E-state index contributed by atoms with van der Waals surface area (Å²) in [7, 11) is 0. The molecule has 1 aliphatic heterocycles. The molecule has 0 saturated carbocycles. The molecule has 1 saturated heterocycles. The van der Waals surface area contributed by atoms with E-state index in [1.54, 1.807) is 0 Å². The Hall–Kier alpha value is -1.59. The summed E-state index contributed by atoms with van der Waals surface area (Å²) in [5.41, 5.74) is 0. The van der Waals surface area contributed by atoms with Crippen LogP contribution in [-0.2, 0) is 9.53 Å². The van der Waals surface area contributed by atoms with Crippen molar-refractivity contribution in [3.8, 4) is 5.75 Å². The second kappa shape index (κ2) is 7.87. The molecule has 0 spiro atoms. The second-order valence-corrected chi connectivity index (χ2v) is 4.94. The minimum absolute atomic E-state index is 0.0124. The molecule has 2 unspecified atom stereocenters. The number of rotatable bonds is 7. The Morgan fingerprint density at radius 1 is 1.25 bits per heavy atom. The van der Waals surface area contributed by atoms with E-state index in [0.717, 1.165) is 18.7 Å². The molecule has 20 heavy (non-hydrogen) atoms. The van der Waals surface area contributed by atoms with Crippen LogP contribution in [0.15, 0.2) is 30.3 Å². The van der Waals surface area contributed by atoms with Gasteiger partial charge in [-0.2, -0.15) is 0 Å². The van der Waals surface area contributed by atoms with E-state index >= 15 is 0 Å². The molecule has 0 bridgehead atoms. The summed E-state index contributed by atoms with van der Waals surface area (Å²) in [5, 5.41) is 12.1. The van der Waals surface area contributed by atoms with Crippen LogP contribution in [-0.4, -0.2) is 43.5 Å². The molecule has 0 amide bonds. The van der Waals surface area contributed by atoms with Crippen molar-refractivity contribution < 1.29 is 19.4 Å². The van der Waals surface area contributed by atoms with Gasteiger partial charge in [0.15, 0.2) is 0 Å². The molecule has 2 atom stereocenters. The van der Waals surface area contributed by atoms with Crippen LogP contribution < -0.4 is 10.1 Å². The maximum Gasteiger partial charge on any atom is 0.307 e. The number of piperidine rings is 1. The minimum atomic E-state index is -0.752. The number of benzene rings is 1. The molecule has 1 aromatic carbocycles. The van der Waals surface area contributed by atoms with E-state index in [0.29, 0.717) is 26.2 Å². The number of ether oxygens (including phenoxy) is 2. The van der Waals surface area contributed by atoms with Gasteiger partial charge in [0, 0.05) is 19.5 Å². The van der Waals surface area contributed by atoms with Crippen LogP contribution in [0.3, 0.4) is 0 Å². The van der Waals surface area contributed by atoms with Crippen LogP contribution in [0, 0.1) is 5.92 Å².